The number of carbonyl (C=O) groups excluding carboxylic acids is 2. The summed E-state index contributed by atoms with van der Waals surface area (Å²) in [6, 6.07) is 0. The molecule has 0 bridgehead atoms. The molecule has 0 heterocycles. The van der Waals surface area contributed by atoms with Gasteiger partial charge in [0.25, 0.3) is 0 Å². The number of phosphoric ester groups is 1. The topological polar surface area (TPSA) is 108 Å². The van der Waals surface area contributed by atoms with Gasteiger partial charge in [0.2, 0.25) is 0 Å². The zero-order valence-electron chi connectivity index (χ0n) is 31.3. The molecule has 0 aromatic rings. The third-order valence-corrected chi connectivity index (χ3v) is 8.96. The van der Waals surface area contributed by atoms with Crippen LogP contribution in [-0.4, -0.2) is 42.8 Å². The summed E-state index contributed by atoms with van der Waals surface area (Å²) < 4.78 is 32.5. The van der Waals surface area contributed by atoms with Crippen LogP contribution in [0.5, 0.6) is 0 Å². The van der Waals surface area contributed by atoms with E-state index in [9.17, 15) is 19.0 Å². The molecule has 0 aliphatic rings. The zero-order chi connectivity index (χ0) is 36.1. The molecule has 0 saturated heterocycles. The molecule has 1 N–H and O–H groups in total. The lowest BCUT2D eigenvalue weighted by Crippen LogP contribution is -2.29. The van der Waals surface area contributed by atoms with Crippen molar-refractivity contribution in [3.05, 3.63) is 48.6 Å². The molecule has 0 aromatic heterocycles. The SMILES string of the molecule is CC/C=C\C/C=C\C/C=C\C/C=C\CCCCCCCCC(=O)OC(COC(=O)CCCCCCCCCCCC)COP(=O)(O)OCC. The first kappa shape index (κ1) is 47.0. The largest absolute Gasteiger partial charge is 0.472 e. The second-order valence-corrected chi connectivity index (χ2v) is 14.0. The molecule has 0 aliphatic heterocycles. The van der Waals surface area contributed by atoms with Gasteiger partial charge in [-0.3, -0.25) is 18.6 Å². The lowest BCUT2D eigenvalue weighted by Gasteiger charge is -2.19. The second kappa shape index (κ2) is 35.8. The van der Waals surface area contributed by atoms with Gasteiger partial charge in [-0.05, 0) is 58.3 Å². The van der Waals surface area contributed by atoms with Gasteiger partial charge >= 0.3 is 19.8 Å². The van der Waals surface area contributed by atoms with E-state index in [2.05, 4.69) is 62.5 Å². The number of hydrogen-bond donors (Lipinski definition) is 1. The van der Waals surface area contributed by atoms with E-state index in [1.54, 1.807) is 6.92 Å². The Morgan fingerprint density at radius 2 is 1.04 bits per heavy atom. The maximum atomic E-state index is 12.5. The molecule has 8 nitrogen and oxygen atoms in total. The normalized spacial score (nSPS) is 14.0. The molecular formula is C40H71O8P. The fourth-order valence-corrected chi connectivity index (χ4v) is 5.85. The van der Waals surface area contributed by atoms with Crippen molar-refractivity contribution in [2.75, 3.05) is 19.8 Å². The molecule has 0 rings (SSSR count). The number of allylic oxidation sites excluding steroid dienone is 8. The number of rotatable bonds is 35. The van der Waals surface area contributed by atoms with Crippen molar-refractivity contribution in [3.8, 4) is 0 Å². The molecule has 0 aliphatic carbocycles. The summed E-state index contributed by atoms with van der Waals surface area (Å²) in [5, 5.41) is 0. The van der Waals surface area contributed by atoms with E-state index in [0.717, 1.165) is 83.5 Å². The van der Waals surface area contributed by atoms with Crippen molar-refractivity contribution < 1.29 is 37.6 Å². The first-order chi connectivity index (χ1) is 23.8. The molecule has 2 unspecified atom stereocenters. The Bertz CT molecular complexity index is 943. The van der Waals surface area contributed by atoms with Crippen LogP contribution in [-0.2, 0) is 32.7 Å². The fourth-order valence-electron chi connectivity index (χ4n) is 5.09. The Hall–Kier alpha value is -1.99. The Morgan fingerprint density at radius 1 is 0.571 bits per heavy atom. The number of ether oxygens (including phenoxy) is 2. The Morgan fingerprint density at radius 3 is 1.57 bits per heavy atom. The molecule has 0 aromatic carbocycles. The molecule has 0 saturated carbocycles. The van der Waals surface area contributed by atoms with Gasteiger partial charge in [0.05, 0.1) is 13.2 Å². The standard InChI is InChI=1S/C40H71O8P/c1-4-7-9-11-13-15-17-18-19-20-21-22-23-24-25-27-29-31-33-35-40(42)48-38(37-47-49(43,44)46-6-3)36-45-39(41)34-32-30-28-26-16-14-12-10-8-5-2/h7,9,13,15,18-19,21-22,38H,4-6,8,10-12,14,16-17,20,23-37H2,1-3H3,(H,43,44)/b9-7-,15-13-,19-18-,22-21-. The van der Waals surface area contributed by atoms with E-state index in [-0.39, 0.29) is 25.6 Å². The average Bonchev–Trinajstić information content (AvgIpc) is 3.07. The van der Waals surface area contributed by atoms with Crippen LogP contribution in [0.3, 0.4) is 0 Å². The molecular weight excluding hydrogens is 639 g/mol. The van der Waals surface area contributed by atoms with Crippen LogP contribution < -0.4 is 0 Å². The molecule has 0 spiro atoms. The van der Waals surface area contributed by atoms with Gasteiger partial charge in [-0.15, -0.1) is 0 Å². The van der Waals surface area contributed by atoms with Crippen molar-refractivity contribution >= 4 is 19.8 Å². The van der Waals surface area contributed by atoms with Crippen molar-refractivity contribution in [1.29, 1.82) is 0 Å². The number of esters is 2. The van der Waals surface area contributed by atoms with Gasteiger partial charge in [-0.2, -0.15) is 0 Å². The van der Waals surface area contributed by atoms with Gasteiger partial charge in [0, 0.05) is 12.8 Å². The summed E-state index contributed by atoms with van der Waals surface area (Å²) >= 11 is 0. The predicted molar refractivity (Wildman–Crippen MR) is 202 cm³/mol. The summed E-state index contributed by atoms with van der Waals surface area (Å²) in [6.07, 6.45) is 40.2. The van der Waals surface area contributed by atoms with E-state index in [1.165, 1.54) is 44.9 Å². The molecule has 49 heavy (non-hydrogen) atoms. The smallest absolute Gasteiger partial charge is 0.462 e. The summed E-state index contributed by atoms with van der Waals surface area (Å²) in [5.41, 5.74) is 0. The van der Waals surface area contributed by atoms with Crippen LogP contribution in [0.2, 0.25) is 0 Å². The third-order valence-electron chi connectivity index (χ3n) is 7.90. The van der Waals surface area contributed by atoms with E-state index in [0.29, 0.717) is 12.8 Å². The van der Waals surface area contributed by atoms with Crippen LogP contribution in [0.4, 0.5) is 0 Å². The highest BCUT2D eigenvalue weighted by molar-refractivity contribution is 7.47. The fraction of sp³-hybridized carbons (Fsp3) is 0.750. The highest BCUT2D eigenvalue weighted by Gasteiger charge is 2.25. The molecule has 0 amide bonds. The van der Waals surface area contributed by atoms with Crippen LogP contribution >= 0.6 is 7.82 Å². The van der Waals surface area contributed by atoms with E-state index in [1.807, 2.05) is 0 Å². The highest BCUT2D eigenvalue weighted by Crippen LogP contribution is 2.43. The minimum absolute atomic E-state index is 0.00346. The van der Waals surface area contributed by atoms with Crippen LogP contribution in [0.25, 0.3) is 0 Å². The van der Waals surface area contributed by atoms with Gasteiger partial charge in [-0.25, -0.2) is 4.57 Å². The van der Waals surface area contributed by atoms with Gasteiger partial charge in [-0.1, -0.05) is 146 Å². The molecule has 9 heteroatoms. The maximum absolute atomic E-state index is 12.5. The molecule has 2 atom stereocenters. The number of phosphoric acid groups is 1. The summed E-state index contributed by atoms with van der Waals surface area (Å²) in [4.78, 5) is 34.6. The zero-order valence-corrected chi connectivity index (χ0v) is 32.2. The summed E-state index contributed by atoms with van der Waals surface area (Å²) in [5.74, 6) is -0.817. The quantitative estimate of drug-likeness (QED) is 0.0300. The molecule has 284 valence electrons. The van der Waals surface area contributed by atoms with E-state index < -0.39 is 26.5 Å². The third kappa shape index (κ3) is 35.6. The van der Waals surface area contributed by atoms with E-state index in [4.69, 9.17) is 18.5 Å². The lowest BCUT2D eigenvalue weighted by molar-refractivity contribution is -0.161. The number of unbranched alkanes of at least 4 members (excludes halogenated alkanes) is 15. The van der Waals surface area contributed by atoms with Gasteiger partial charge < -0.3 is 14.4 Å². The van der Waals surface area contributed by atoms with Gasteiger partial charge in [0.15, 0.2) is 6.10 Å². The highest BCUT2D eigenvalue weighted by atomic mass is 31.2. The summed E-state index contributed by atoms with van der Waals surface area (Å²) in [7, 11) is -4.28. The van der Waals surface area contributed by atoms with Crippen molar-refractivity contribution in [2.45, 2.75) is 175 Å². The van der Waals surface area contributed by atoms with Crippen LogP contribution in [0.15, 0.2) is 48.6 Å². The first-order valence-corrected chi connectivity index (χ1v) is 20.9. The minimum Gasteiger partial charge on any atom is -0.462 e. The van der Waals surface area contributed by atoms with Crippen LogP contribution in [0, 0.1) is 0 Å². The lowest BCUT2D eigenvalue weighted by atomic mass is 10.1. The molecule has 0 radical (unpaired) electrons. The maximum Gasteiger partial charge on any atom is 0.472 e. The summed E-state index contributed by atoms with van der Waals surface area (Å²) in [6.45, 7) is 5.31. The van der Waals surface area contributed by atoms with Crippen molar-refractivity contribution in [3.63, 3.8) is 0 Å². The van der Waals surface area contributed by atoms with Gasteiger partial charge in [0.1, 0.15) is 6.61 Å². The van der Waals surface area contributed by atoms with Crippen LogP contribution in [0.1, 0.15) is 168 Å². The van der Waals surface area contributed by atoms with Crippen molar-refractivity contribution in [2.24, 2.45) is 0 Å². The number of carbonyl (C=O) groups is 2. The first-order valence-electron chi connectivity index (χ1n) is 19.4. The molecule has 0 fully saturated rings. The Labute approximate surface area is 299 Å². The average molecular weight is 711 g/mol. The Kier molecular flexibility index (Phi) is 34.4. The number of hydrogen-bond acceptors (Lipinski definition) is 7. The predicted octanol–water partition coefficient (Wildman–Crippen LogP) is 11.8. The monoisotopic (exact) mass is 710 g/mol. The second-order valence-electron chi connectivity index (χ2n) is 12.6. The Balaban J connectivity index is 4.15. The minimum atomic E-state index is -4.28. The van der Waals surface area contributed by atoms with E-state index >= 15 is 0 Å². The van der Waals surface area contributed by atoms with Crippen molar-refractivity contribution in [1.82, 2.24) is 0 Å².